The second kappa shape index (κ2) is 5.57. The molecule has 0 fully saturated rings. The van der Waals surface area contributed by atoms with E-state index in [9.17, 15) is 9.67 Å². The summed E-state index contributed by atoms with van der Waals surface area (Å²) in [5, 5.41) is 13.8. The van der Waals surface area contributed by atoms with E-state index in [1.54, 1.807) is 12.1 Å². The van der Waals surface area contributed by atoms with E-state index >= 15 is 0 Å². The van der Waals surface area contributed by atoms with E-state index in [4.69, 9.17) is 0 Å². The van der Waals surface area contributed by atoms with Gasteiger partial charge in [-0.3, -0.25) is 0 Å². The van der Waals surface area contributed by atoms with Gasteiger partial charge in [-0.15, -0.1) is 22.7 Å². The number of hydrogen-bond acceptors (Lipinski definition) is 4. The number of benzene rings is 1. The summed E-state index contributed by atoms with van der Waals surface area (Å²) in [5.74, 6) is 0.209. The van der Waals surface area contributed by atoms with E-state index in [-0.39, 0.29) is 5.75 Å². The molecule has 0 saturated heterocycles. The molecule has 3 aromatic rings. The lowest BCUT2D eigenvalue weighted by Crippen LogP contribution is -2.12. The maximum atomic E-state index is 13.6. The molecular formula is C15H13O2PS2. The van der Waals surface area contributed by atoms with Crippen LogP contribution in [-0.4, -0.2) is 5.11 Å². The first-order valence-electron chi connectivity index (χ1n) is 6.14. The predicted molar refractivity (Wildman–Crippen MR) is 87.3 cm³/mol. The Morgan fingerprint density at radius 1 is 0.900 bits per heavy atom. The second-order valence-electron chi connectivity index (χ2n) is 4.43. The molecule has 2 nitrogen and oxygen atoms in total. The number of thiophene rings is 2. The highest BCUT2D eigenvalue weighted by Crippen LogP contribution is 2.50. The maximum Gasteiger partial charge on any atom is 0.166 e. The maximum absolute atomic E-state index is 13.6. The molecular weight excluding hydrogens is 307 g/mol. The van der Waals surface area contributed by atoms with Crippen molar-refractivity contribution in [3.8, 4) is 5.75 Å². The molecule has 20 heavy (non-hydrogen) atoms. The summed E-state index contributed by atoms with van der Waals surface area (Å²) in [6.07, 6.45) is 0.362. The van der Waals surface area contributed by atoms with Gasteiger partial charge < -0.3 is 9.67 Å². The molecule has 2 aromatic heterocycles. The number of phenols is 1. The Kier molecular flexibility index (Phi) is 3.79. The van der Waals surface area contributed by atoms with Crippen molar-refractivity contribution in [2.45, 2.75) is 6.16 Å². The quantitative estimate of drug-likeness (QED) is 0.737. The highest BCUT2D eigenvalue weighted by atomic mass is 32.1. The first kappa shape index (κ1) is 13.6. The van der Waals surface area contributed by atoms with Crippen LogP contribution in [0.3, 0.4) is 0 Å². The minimum absolute atomic E-state index is 0.209. The second-order valence-corrected chi connectivity index (χ2v) is 9.69. The van der Waals surface area contributed by atoms with Crippen LogP contribution in [0.15, 0.2) is 59.3 Å². The summed E-state index contributed by atoms with van der Waals surface area (Å²) in [5.41, 5.74) is 0.734. The van der Waals surface area contributed by atoms with Crippen LogP contribution in [0.25, 0.3) is 0 Å². The summed E-state index contributed by atoms with van der Waals surface area (Å²) in [7, 11) is -2.70. The fraction of sp³-hybridized carbons (Fsp3) is 0.0667. The third-order valence-electron chi connectivity index (χ3n) is 3.11. The first-order chi connectivity index (χ1) is 9.70. The molecule has 0 radical (unpaired) electrons. The molecule has 0 aliphatic rings. The molecule has 5 heteroatoms. The van der Waals surface area contributed by atoms with E-state index < -0.39 is 7.14 Å². The van der Waals surface area contributed by atoms with Crippen molar-refractivity contribution >= 4 is 39.1 Å². The molecule has 0 aliphatic heterocycles. The largest absolute Gasteiger partial charge is 0.508 e. The zero-order chi connectivity index (χ0) is 14.0. The number of para-hydroxylation sites is 1. The van der Waals surface area contributed by atoms with Gasteiger partial charge in [-0.1, -0.05) is 30.3 Å². The average Bonchev–Trinajstić information content (AvgIpc) is 3.15. The lowest BCUT2D eigenvalue weighted by Gasteiger charge is -2.16. The van der Waals surface area contributed by atoms with Gasteiger partial charge in [-0.05, 0) is 29.0 Å². The molecule has 3 rings (SSSR count). The van der Waals surface area contributed by atoms with Gasteiger partial charge in [0.25, 0.3) is 0 Å². The molecule has 0 atom stereocenters. The third-order valence-corrected chi connectivity index (χ3v) is 9.36. The average molecular weight is 320 g/mol. The van der Waals surface area contributed by atoms with E-state index in [2.05, 4.69) is 0 Å². The van der Waals surface area contributed by atoms with E-state index in [0.717, 1.165) is 14.8 Å². The Bertz CT molecular complexity index is 695. The lowest BCUT2D eigenvalue weighted by molar-refractivity contribution is 0.470. The number of phenolic OH excluding ortho intramolecular Hbond substituents is 1. The van der Waals surface area contributed by atoms with E-state index in [1.165, 1.54) is 22.7 Å². The first-order valence-corrected chi connectivity index (χ1v) is 9.79. The number of rotatable bonds is 4. The van der Waals surface area contributed by atoms with Crippen molar-refractivity contribution in [3.63, 3.8) is 0 Å². The van der Waals surface area contributed by atoms with Crippen LogP contribution in [0.1, 0.15) is 5.56 Å². The Hall–Kier alpha value is -1.35. The Labute approximate surface area is 125 Å². The normalized spacial score (nSPS) is 11.6. The zero-order valence-electron chi connectivity index (χ0n) is 10.6. The highest BCUT2D eigenvalue weighted by molar-refractivity contribution is 7.86. The highest BCUT2D eigenvalue weighted by Gasteiger charge is 2.30. The minimum atomic E-state index is -2.70. The Balaban J connectivity index is 2.09. The molecule has 102 valence electrons. The monoisotopic (exact) mass is 320 g/mol. The Morgan fingerprint density at radius 2 is 1.50 bits per heavy atom. The smallest absolute Gasteiger partial charge is 0.166 e. The van der Waals surface area contributed by atoms with Crippen molar-refractivity contribution in [2.75, 3.05) is 0 Å². The minimum Gasteiger partial charge on any atom is -0.508 e. The van der Waals surface area contributed by atoms with Crippen LogP contribution in [0, 0.1) is 0 Å². The van der Waals surface area contributed by atoms with E-state index in [1.807, 2.05) is 47.2 Å². The van der Waals surface area contributed by atoms with Crippen LogP contribution in [0.5, 0.6) is 5.75 Å². The fourth-order valence-electron chi connectivity index (χ4n) is 2.10. The summed E-state index contributed by atoms with van der Waals surface area (Å²) in [6, 6.07) is 14.8. The zero-order valence-corrected chi connectivity index (χ0v) is 13.1. The molecule has 0 bridgehead atoms. The number of hydrogen-bond donors (Lipinski definition) is 1. The van der Waals surface area contributed by atoms with Gasteiger partial charge in [0.05, 0.1) is 9.24 Å². The van der Waals surface area contributed by atoms with Crippen LogP contribution in [0.4, 0.5) is 0 Å². The van der Waals surface area contributed by atoms with Crippen molar-refractivity contribution in [3.05, 3.63) is 64.9 Å². The summed E-state index contributed by atoms with van der Waals surface area (Å²) in [4.78, 5) is 0. The van der Waals surface area contributed by atoms with Gasteiger partial charge in [-0.25, -0.2) is 0 Å². The number of aromatic hydroxyl groups is 1. The SMILES string of the molecule is O=P(Cc1ccccc1O)(c1cccs1)c1cccs1. The van der Waals surface area contributed by atoms with Gasteiger partial charge >= 0.3 is 0 Å². The van der Waals surface area contributed by atoms with Crippen LogP contribution in [-0.2, 0) is 10.7 Å². The fourth-order valence-corrected chi connectivity index (χ4v) is 7.81. The molecule has 1 aromatic carbocycles. The van der Waals surface area contributed by atoms with Gasteiger partial charge in [0, 0.05) is 11.7 Å². The molecule has 0 amide bonds. The third kappa shape index (κ3) is 2.47. The summed E-state index contributed by atoms with van der Waals surface area (Å²) in [6.45, 7) is 0. The standard InChI is InChI=1S/C15H13O2PS2/c16-13-6-2-1-5-12(13)11-18(17,14-7-3-9-19-14)15-8-4-10-20-15/h1-10,16H,11H2. The van der Waals surface area contributed by atoms with Crippen molar-refractivity contribution in [1.82, 2.24) is 0 Å². The van der Waals surface area contributed by atoms with Crippen LogP contribution >= 0.6 is 29.8 Å². The van der Waals surface area contributed by atoms with E-state index in [0.29, 0.717) is 6.16 Å². The molecule has 0 unspecified atom stereocenters. The molecule has 2 heterocycles. The van der Waals surface area contributed by atoms with Crippen molar-refractivity contribution in [2.24, 2.45) is 0 Å². The molecule has 0 saturated carbocycles. The van der Waals surface area contributed by atoms with Gasteiger partial charge in [0.15, 0.2) is 7.14 Å². The molecule has 0 spiro atoms. The van der Waals surface area contributed by atoms with Crippen molar-refractivity contribution in [1.29, 1.82) is 0 Å². The molecule has 1 N–H and O–H groups in total. The topological polar surface area (TPSA) is 37.3 Å². The van der Waals surface area contributed by atoms with Crippen LogP contribution < -0.4 is 9.24 Å². The predicted octanol–water partition coefficient (Wildman–Crippen LogP) is 4.03. The van der Waals surface area contributed by atoms with Crippen LogP contribution in [0.2, 0.25) is 0 Å². The van der Waals surface area contributed by atoms with Crippen molar-refractivity contribution < 1.29 is 9.67 Å². The van der Waals surface area contributed by atoms with Gasteiger partial charge in [-0.2, -0.15) is 0 Å². The lowest BCUT2D eigenvalue weighted by atomic mass is 10.2. The Morgan fingerprint density at radius 3 is 2.00 bits per heavy atom. The molecule has 0 aliphatic carbocycles. The van der Waals surface area contributed by atoms with Gasteiger partial charge in [0.1, 0.15) is 5.75 Å². The summed E-state index contributed by atoms with van der Waals surface area (Å²) < 4.78 is 15.4. The van der Waals surface area contributed by atoms with Gasteiger partial charge in [0.2, 0.25) is 0 Å². The summed E-state index contributed by atoms with van der Waals surface area (Å²) >= 11 is 3.03.